The maximum Gasteiger partial charge on any atom is 1.00 e. The van der Waals surface area contributed by atoms with Crippen LogP contribution in [0.3, 0.4) is 0 Å². The summed E-state index contributed by atoms with van der Waals surface area (Å²) in [5.41, 5.74) is -0.611. The maximum atomic E-state index is 9.44. The minimum atomic E-state index is -0.611. The first kappa shape index (κ1) is 9.49. The van der Waals surface area contributed by atoms with Crippen LogP contribution in [0.1, 0.15) is 6.92 Å². The maximum absolute atomic E-state index is 9.44. The van der Waals surface area contributed by atoms with E-state index in [-0.39, 0.29) is 29.6 Å². The topological polar surface area (TPSA) is 23.1 Å². The first-order valence-corrected chi connectivity index (χ1v) is 1.68. The monoisotopic (exact) mass is 95.0 g/mol. The molecule has 0 bridgehead atoms. The van der Waals surface area contributed by atoms with Crippen molar-refractivity contribution >= 4 is 10.2 Å². The van der Waals surface area contributed by atoms with Gasteiger partial charge in [-0.15, -0.1) is 5.73 Å². The second kappa shape index (κ2) is 5.18. The molecule has 0 aliphatic heterocycles. The Morgan fingerprint density at radius 1 is 1.80 bits per heavy atom. The van der Waals surface area contributed by atoms with E-state index in [0.29, 0.717) is 0 Å². The molecule has 0 aliphatic carbocycles. The van der Waals surface area contributed by atoms with Crippen molar-refractivity contribution in [3.8, 4) is 0 Å². The van der Waals surface area contributed by atoms with Crippen molar-refractivity contribution in [3.05, 3.63) is 0 Å². The second-order valence-corrected chi connectivity index (χ2v) is 1.46. The van der Waals surface area contributed by atoms with Crippen LogP contribution in [0.4, 0.5) is 0 Å². The molecule has 1 nitrogen and oxygen atoms in total. The Labute approximate surface area is 57.5 Å². The Bertz CT molecular complexity index is 14.4. The molecule has 0 amide bonds. The van der Waals surface area contributed by atoms with E-state index in [1.807, 2.05) is 0 Å². The molecule has 1 atom stereocenters. The first-order chi connectivity index (χ1) is 1.73. The predicted molar refractivity (Wildman–Crippen MR) is 15.2 cm³/mol. The summed E-state index contributed by atoms with van der Waals surface area (Å²) in [6.45, 7) is 1.52. The zero-order valence-corrected chi connectivity index (χ0v) is 6.49. The molecule has 5 heavy (non-hydrogen) atoms. The zero-order valence-electron chi connectivity index (χ0n) is 3.49. The molecule has 0 fully saturated rings. The minimum absolute atomic E-state index is 0. The van der Waals surface area contributed by atoms with Gasteiger partial charge in [-0.25, -0.2) is 0 Å². The predicted octanol–water partition coefficient (Wildman–Crippen LogP) is -4.13. The first-order valence-electron chi connectivity index (χ1n) is 1.10. The average molecular weight is 95.1 g/mol. The summed E-state index contributed by atoms with van der Waals surface area (Å²) in [4.78, 5) is 0. The molecule has 0 saturated carbocycles. The normalized spacial score (nSPS) is 12.6. The fraction of sp³-hybridized carbons (Fsp3) is 1.00. The van der Waals surface area contributed by atoms with Crippen LogP contribution in [0, 0.1) is 0 Å². The van der Waals surface area contributed by atoms with E-state index in [1.54, 1.807) is 0 Å². The molecule has 3 radical (unpaired) electrons. The van der Waals surface area contributed by atoms with Crippen LogP contribution >= 0.6 is 0 Å². The number of hydrogen-bond donors (Lipinski definition) is 0. The van der Waals surface area contributed by atoms with Crippen molar-refractivity contribution in [1.29, 1.82) is 0 Å². The molecule has 0 spiro atoms. The number of rotatable bonds is 0. The number of hydrogen-bond acceptors (Lipinski definition) is 1. The molecule has 0 heterocycles. The summed E-state index contributed by atoms with van der Waals surface area (Å²) < 4.78 is 0. The molecule has 1 unspecified atom stereocenters. The third-order valence-electron chi connectivity index (χ3n) is 0. The molecular weight excluding hydrogens is 91.1 g/mol. The van der Waals surface area contributed by atoms with Gasteiger partial charge in [-0.3, -0.25) is 0 Å². The molecule has 0 saturated heterocycles. The van der Waals surface area contributed by atoms with E-state index in [9.17, 15) is 5.11 Å². The van der Waals surface area contributed by atoms with Gasteiger partial charge in [0.05, 0.1) is 0 Å². The summed E-state index contributed by atoms with van der Waals surface area (Å²) in [6.07, 6.45) is 0. The van der Waals surface area contributed by atoms with Crippen molar-refractivity contribution in [2.75, 3.05) is 0 Å². The van der Waals surface area contributed by atoms with Gasteiger partial charge in [0.2, 0.25) is 0 Å². The smallest absolute Gasteiger partial charge is 0.855 e. The second-order valence-electron chi connectivity index (χ2n) is 0.642. The van der Waals surface area contributed by atoms with Crippen LogP contribution in [0.25, 0.3) is 0 Å². The zero-order chi connectivity index (χ0) is 3.58. The van der Waals surface area contributed by atoms with Crippen molar-refractivity contribution in [2.24, 2.45) is 0 Å². The summed E-state index contributed by atoms with van der Waals surface area (Å²) in [5.74, 6) is 0. The third-order valence-corrected chi connectivity index (χ3v) is 0. The van der Waals surface area contributed by atoms with Gasteiger partial charge < -0.3 is 5.11 Å². The Balaban J connectivity index is 0. The summed E-state index contributed by atoms with van der Waals surface area (Å²) in [6, 6.07) is 0. The molecule has 0 rings (SSSR count). The van der Waals surface area contributed by atoms with E-state index in [0.717, 1.165) is 0 Å². The van der Waals surface area contributed by atoms with Crippen molar-refractivity contribution < 1.29 is 34.7 Å². The van der Waals surface area contributed by atoms with Gasteiger partial charge in [0, 0.05) is 10.2 Å². The summed E-state index contributed by atoms with van der Waals surface area (Å²) >= 11 is 0. The van der Waals surface area contributed by atoms with Crippen LogP contribution in [0.5, 0.6) is 0 Å². The van der Waals surface area contributed by atoms with E-state index in [4.69, 9.17) is 0 Å². The quantitative estimate of drug-likeness (QED) is 0.280. The fourth-order valence-corrected chi connectivity index (χ4v) is 0. The van der Waals surface area contributed by atoms with E-state index in [2.05, 4.69) is 10.2 Å². The molecule has 0 aliphatic rings. The largest absolute Gasteiger partial charge is 1.00 e. The summed E-state index contributed by atoms with van der Waals surface area (Å²) in [7, 11) is 2.76. The van der Waals surface area contributed by atoms with E-state index < -0.39 is 5.73 Å². The minimum Gasteiger partial charge on any atom is -0.855 e. The van der Waals surface area contributed by atoms with Crippen LogP contribution in [-0.2, 0) is 0 Å². The molecule has 0 N–H and O–H groups in total. The van der Waals surface area contributed by atoms with Gasteiger partial charge in [-0.05, 0) is 0 Å². The molecule has 0 aromatic heterocycles. The molecule has 0 aromatic carbocycles. The van der Waals surface area contributed by atoms with Crippen molar-refractivity contribution in [2.45, 2.75) is 12.7 Å². The third kappa shape index (κ3) is 37.7. The Hall–Kier alpha value is 1.18. The van der Waals surface area contributed by atoms with E-state index >= 15 is 0 Å². The SMILES string of the molecule is CC([O-])[Si].[Na+]. The Morgan fingerprint density at radius 2 is 1.80 bits per heavy atom. The van der Waals surface area contributed by atoms with Gasteiger partial charge in [-0.1, -0.05) is 6.92 Å². The van der Waals surface area contributed by atoms with Crippen LogP contribution < -0.4 is 34.7 Å². The average Bonchev–Trinajstić information content (AvgIpc) is 0.811. The molecule has 23 valence electrons. The Morgan fingerprint density at radius 3 is 1.80 bits per heavy atom. The summed E-state index contributed by atoms with van der Waals surface area (Å²) in [5, 5.41) is 9.44. The molecule has 3 heteroatoms. The van der Waals surface area contributed by atoms with Gasteiger partial charge in [0.1, 0.15) is 0 Å². The molecular formula is C2H4NaOSi. The van der Waals surface area contributed by atoms with Gasteiger partial charge >= 0.3 is 29.6 Å². The van der Waals surface area contributed by atoms with Gasteiger partial charge in [0.15, 0.2) is 0 Å². The van der Waals surface area contributed by atoms with Crippen molar-refractivity contribution in [3.63, 3.8) is 0 Å². The standard InChI is InChI=1S/C2H4OSi.Na/c1-2(3)4;/h2H,1H3;/q-1;+1. The molecule has 0 aromatic rings. The fourth-order valence-electron chi connectivity index (χ4n) is 0. The van der Waals surface area contributed by atoms with E-state index in [1.165, 1.54) is 6.92 Å². The van der Waals surface area contributed by atoms with Crippen molar-refractivity contribution in [1.82, 2.24) is 0 Å². The Kier molecular flexibility index (Phi) is 9.82. The van der Waals surface area contributed by atoms with Crippen LogP contribution in [0.2, 0.25) is 0 Å². The van der Waals surface area contributed by atoms with Gasteiger partial charge in [-0.2, -0.15) is 0 Å². The van der Waals surface area contributed by atoms with Gasteiger partial charge in [0.25, 0.3) is 0 Å². The van der Waals surface area contributed by atoms with Crippen LogP contribution in [0.15, 0.2) is 0 Å². The van der Waals surface area contributed by atoms with Crippen LogP contribution in [-0.4, -0.2) is 16.0 Å².